The molecule has 1 aliphatic heterocycles. The van der Waals surface area contributed by atoms with Gasteiger partial charge in [-0.05, 0) is 49.1 Å². The third kappa shape index (κ3) is 5.09. The minimum absolute atomic E-state index is 0. The van der Waals surface area contributed by atoms with E-state index in [2.05, 4.69) is 6.92 Å². The normalized spacial score (nSPS) is 21.5. The van der Waals surface area contributed by atoms with E-state index < -0.39 is 10.0 Å². The largest absolute Gasteiger partial charge is 0.494 e. The first-order valence-electron chi connectivity index (χ1n) is 8.34. The molecule has 138 valence electrons. The third-order valence-corrected chi connectivity index (χ3v) is 6.35. The zero-order valence-electron chi connectivity index (χ0n) is 14.5. The molecule has 0 radical (unpaired) electrons. The minimum Gasteiger partial charge on any atom is -0.494 e. The van der Waals surface area contributed by atoms with Gasteiger partial charge in [0.25, 0.3) is 0 Å². The molecular formula is C17H29ClN2O3S. The van der Waals surface area contributed by atoms with Crippen LogP contribution in [0, 0.1) is 5.41 Å². The molecule has 0 aliphatic carbocycles. The smallest absolute Gasteiger partial charge is 0.243 e. The van der Waals surface area contributed by atoms with Gasteiger partial charge in [0, 0.05) is 13.1 Å². The summed E-state index contributed by atoms with van der Waals surface area (Å²) in [6, 6.07) is 6.72. The summed E-state index contributed by atoms with van der Waals surface area (Å²) in [5.74, 6) is 0.716. The van der Waals surface area contributed by atoms with Crippen LogP contribution >= 0.6 is 12.4 Å². The molecule has 24 heavy (non-hydrogen) atoms. The van der Waals surface area contributed by atoms with Crippen LogP contribution in [0.3, 0.4) is 0 Å². The molecule has 5 nitrogen and oxygen atoms in total. The minimum atomic E-state index is -3.44. The van der Waals surface area contributed by atoms with Crippen molar-refractivity contribution in [1.29, 1.82) is 0 Å². The first-order chi connectivity index (χ1) is 10.9. The highest BCUT2D eigenvalue weighted by molar-refractivity contribution is 7.89. The van der Waals surface area contributed by atoms with Crippen molar-refractivity contribution in [3.8, 4) is 5.75 Å². The van der Waals surface area contributed by atoms with E-state index in [4.69, 9.17) is 10.5 Å². The van der Waals surface area contributed by atoms with Crippen molar-refractivity contribution in [3.63, 3.8) is 0 Å². The number of hydrogen-bond donors (Lipinski definition) is 1. The van der Waals surface area contributed by atoms with Gasteiger partial charge < -0.3 is 10.5 Å². The van der Waals surface area contributed by atoms with Crippen LogP contribution in [0.25, 0.3) is 0 Å². The molecule has 0 aromatic heterocycles. The quantitative estimate of drug-likeness (QED) is 0.708. The van der Waals surface area contributed by atoms with Gasteiger partial charge in [-0.3, -0.25) is 0 Å². The second-order valence-electron chi connectivity index (χ2n) is 6.63. The van der Waals surface area contributed by atoms with Gasteiger partial charge in [-0.2, -0.15) is 4.31 Å². The fourth-order valence-corrected chi connectivity index (χ4v) is 4.34. The van der Waals surface area contributed by atoms with Gasteiger partial charge >= 0.3 is 0 Å². The van der Waals surface area contributed by atoms with Crippen molar-refractivity contribution in [3.05, 3.63) is 24.3 Å². The molecule has 2 rings (SSSR count). The number of benzene rings is 1. The average molecular weight is 377 g/mol. The second-order valence-corrected chi connectivity index (χ2v) is 8.57. The van der Waals surface area contributed by atoms with Crippen LogP contribution < -0.4 is 10.5 Å². The highest BCUT2D eigenvalue weighted by Gasteiger charge is 2.38. The molecule has 1 aromatic rings. The lowest BCUT2D eigenvalue weighted by Gasteiger charge is -2.22. The van der Waals surface area contributed by atoms with Gasteiger partial charge in [0.05, 0.1) is 11.5 Å². The van der Waals surface area contributed by atoms with Crippen molar-refractivity contribution >= 4 is 22.4 Å². The fraction of sp³-hybridized carbons (Fsp3) is 0.647. The Morgan fingerprint density at radius 3 is 2.46 bits per heavy atom. The van der Waals surface area contributed by atoms with Crippen LogP contribution in [0.5, 0.6) is 5.75 Å². The number of unbranched alkanes of at least 4 members (excludes halogenated alkanes) is 2. The fourth-order valence-electron chi connectivity index (χ4n) is 2.75. The molecular weight excluding hydrogens is 348 g/mol. The Bertz CT molecular complexity index is 607. The van der Waals surface area contributed by atoms with Crippen LogP contribution in [0.1, 0.15) is 39.5 Å². The summed E-state index contributed by atoms with van der Waals surface area (Å²) in [6.07, 6.45) is 4.11. The Labute approximate surface area is 152 Å². The highest BCUT2D eigenvalue weighted by atomic mass is 35.5. The summed E-state index contributed by atoms with van der Waals surface area (Å²) in [5.41, 5.74) is 5.65. The van der Waals surface area contributed by atoms with Crippen molar-refractivity contribution < 1.29 is 13.2 Å². The standard InChI is InChI=1S/C17H28N2O3S.ClH/c1-3-4-5-12-22-15-6-8-16(9-7-15)23(20,21)19-11-10-17(2,13-18)14-19;/h6-9H,3-5,10-14,18H2,1-2H3;1H. The number of ether oxygens (including phenoxy) is 1. The van der Waals surface area contributed by atoms with E-state index >= 15 is 0 Å². The average Bonchev–Trinajstić information content (AvgIpc) is 2.96. The zero-order valence-corrected chi connectivity index (χ0v) is 16.2. The molecule has 7 heteroatoms. The molecule has 1 unspecified atom stereocenters. The number of halogens is 1. The maximum Gasteiger partial charge on any atom is 0.243 e. The number of sulfonamides is 1. The van der Waals surface area contributed by atoms with E-state index in [1.54, 1.807) is 24.3 Å². The molecule has 0 bridgehead atoms. The van der Waals surface area contributed by atoms with Crippen molar-refractivity contribution in [2.24, 2.45) is 11.1 Å². The lowest BCUT2D eigenvalue weighted by atomic mass is 9.90. The first kappa shape index (κ1) is 21.2. The topological polar surface area (TPSA) is 72.6 Å². The summed E-state index contributed by atoms with van der Waals surface area (Å²) in [7, 11) is -3.44. The lowest BCUT2D eigenvalue weighted by molar-refractivity contribution is 0.306. The summed E-state index contributed by atoms with van der Waals surface area (Å²) >= 11 is 0. The van der Waals surface area contributed by atoms with Crippen molar-refractivity contribution in [2.45, 2.75) is 44.4 Å². The van der Waals surface area contributed by atoms with Gasteiger partial charge in [0.15, 0.2) is 0 Å². The van der Waals surface area contributed by atoms with Crippen molar-refractivity contribution in [1.82, 2.24) is 4.31 Å². The van der Waals surface area contributed by atoms with E-state index in [9.17, 15) is 8.42 Å². The summed E-state index contributed by atoms with van der Waals surface area (Å²) < 4.78 is 32.6. The zero-order chi connectivity index (χ0) is 16.9. The third-order valence-electron chi connectivity index (χ3n) is 4.49. The number of hydrogen-bond acceptors (Lipinski definition) is 4. The maximum atomic E-state index is 12.7. The van der Waals surface area contributed by atoms with Crippen LogP contribution in [0.4, 0.5) is 0 Å². The van der Waals surface area contributed by atoms with Gasteiger partial charge in [-0.25, -0.2) is 8.42 Å². The van der Waals surface area contributed by atoms with Crippen LogP contribution in [0.2, 0.25) is 0 Å². The van der Waals surface area contributed by atoms with Crippen molar-refractivity contribution in [2.75, 3.05) is 26.2 Å². The molecule has 2 N–H and O–H groups in total. The number of nitrogens with zero attached hydrogens (tertiary/aromatic N) is 1. The van der Waals surface area contributed by atoms with Gasteiger partial charge in [0.1, 0.15) is 5.75 Å². The molecule has 1 heterocycles. The van der Waals surface area contributed by atoms with Gasteiger partial charge in [-0.1, -0.05) is 26.7 Å². The van der Waals surface area contributed by atoms with Crippen LogP contribution in [-0.2, 0) is 10.0 Å². The molecule has 0 spiro atoms. The Morgan fingerprint density at radius 2 is 1.92 bits per heavy atom. The molecule has 0 amide bonds. The Morgan fingerprint density at radius 1 is 1.25 bits per heavy atom. The monoisotopic (exact) mass is 376 g/mol. The summed E-state index contributed by atoms with van der Waals surface area (Å²) in [5, 5.41) is 0. The molecule has 1 saturated heterocycles. The second kappa shape index (κ2) is 9.04. The van der Waals surface area contributed by atoms with Gasteiger partial charge in [-0.15, -0.1) is 12.4 Å². The van der Waals surface area contributed by atoms with Crippen LogP contribution in [0.15, 0.2) is 29.2 Å². The number of nitrogens with two attached hydrogens (primary N) is 1. The molecule has 0 saturated carbocycles. The van der Waals surface area contributed by atoms with E-state index in [1.807, 2.05) is 6.92 Å². The van der Waals surface area contributed by atoms with E-state index in [0.717, 1.165) is 25.7 Å². The Hall–Kier alpha value is -0.820. The Kier molecular flexibility index (Phi) is 7.99. The molecule has 1 aromatic carbocycles. The highest BCUT2D eigenvalue weighted by Crippen LogP contribution is 2.32. The lowest BCUT2D eigenvalue weighted by Crippen LogP contribution is -2.34. The predicted molar refractivity (Wildman–Crippen MR) is 99.2 cm³/mol. The predicted octanol–water partition coefficient (Wildman–Crippen LogP) is 3.04. The first-order valence-corrected chi connectivity index (χ1v) is 9.78. The summed E-state index contributed by atoms with van der Waals surface area (Å²) in [6.45, 7) is 6.38. The Balaban J connectivity index is 0.00000288. The maximum absolute atomic E-state index is 12.7. The van der Waals surface area contributed by atoms with E-state index in [1.165, 1.54) is 4.31 Å². The van der Waals surface area contributed by atoms with E-state index in [0.29, 0.717) is 36.9 Å². The summed E-state index contributed by atoms with van der Waals surface area (Å²) in [4.78, 5) is 0.319. The van der Waals surface area contributed by atoms with E-state index in [-0.39, 0.29) is 17.8 Å². The SMILES string of the molecule is CCCCCOc1ccc(S(=O)(=O)N2CCC(C)(CN)C2)cc1.Cl. The number of rotatable bonds is 8. The molecule has 1 atom stereocenters. The van der Waals surface area contributed by atoms with Gasteiger partial charge in [0.2, 0.25) is 10.0 Å². The molecule has 1 fully saturated rings. The molecule has 1 aliphatic rings. The van der Waals surface area contributed by atoms with Crippen LogP contribution in [-0.4, -0.2) is 39.0 Å².